The molecule has 0 saturated carbocycles. The van der Waals surface area contributed by atoms with Gasteiger partial charge in [-0.3, -0.25) is 4.79 Å². The monoisotopic (exact) mass is 306 g/mol. The molecule has 1 heterocycles. The number of amides is 1. The lowest BCUT2D eigenvalue weighted by Crippen LogP contribution is -2.29. The zero-order chi connectivity index (χ0) is 14.3. The van der Waals surface area contributed by atoms with Crippen molar-refractivity contribution in [1.29, 1.82) is 0 Å². The zero-order valence-electron chi connectivity index (χ0n) is 10.6. The number of benzene rings is 2. The Hall–Kier alpha value is -1.71. The van der Waals surface area contributed by atoms with E-state index in [2.05, 4.69) is 0 Å². The molecule has 0 saturated heterocycles. The van der Waals surface area contributed by atoms with Gasteiger partial charge in [0.05, 0.1) is 10.6 Å². The molecule has 1 aliphatic heterocycles. The van der Waals surface area contributed by atoms with Crippen molar-refractivity contribution in [3.63, 3.8) is 0 Å². The highest BCUT2D eigenvalue weighted by atomic mass is 35.5. The molecule has 2 aromatic rings. The Morgan fingerprint density at radius 3 is 2.70 bits per heavy atom. The largest absolute Gasteiger partial charge is 0.399 e. The zero-order valence-corrected chi connectivity index (χ0v) is 12.1. The van der Waals surface area contributed by atoms with Gasteiger partial charge in [-0.15, -0.1) is 0 Å². The highest BCUT2D eigenvalue weighted by Crippen LogP contribution is 2.32. The molecule has 2 aromatic carbocycles. The predicted octanol–water partition coefficient (Wildman–Crippen LogP) is 3.78. The van der Waals surface area contributed by atoms with Crippen LogP contribution in [0, 0.1) is 0 Å². The average molecular weight is 307 g/mol. The summed E-state index contributed by atoms with van der Waals surface area (Å²) in [6.45, 7) is 0.635. The summed E-state index contributed by atoms with van der Waals surface area (Å²) in [4.78, 5) is 14.3. The normalized spacial score (nSPS) is 13.4. The van der Waals surface area contributed by atoms with Crippen LogP contribution in [0.15, 0.2) is 36.4 Å². The van der Waals surface area contributed by atoms with E-state index in [4.69, 9.17) is 28.9 Å². The molecular weight excluding hydrogens is 295 g/mol. The smallest absolute Gasteiger partial charge is 0.259 e. The second kappa shape index (κ2) is 5.00. The van der Waals surface area contributed by atoms with Crippen molar-refractivity contribution in [3.8, 4) is 0 Å². The maximum atomic E-state index is 12.6. The molecule has 0 atom stereocenters. The van der Waals surface area contributed by atoms with Crippen LogP contribution in [0.1, 0.15) is 15.9 Å². The fraction of sp³-hybridized carbons (Fsp3) is 0.133. The molecule has 20 heavy (non-hydrogen) atoms. The van der Waals surface area contributed by atoms with Gasteiger partial charge in [0.25, 0.3) is 5.91 Å². The molecule has 0 aliphatic carbocycles. The lowest BCUT2D eigenvalue weighted by atomic mass is 10.1. The molecule has 1 amide bonds. The van der Waals surface area contributed by atoms with Crippen LogP contribution >= 0.6 is 23.2 Å². The third-order valence-electron chi connectivity index (χ3n) is 3.41. The second-order valence-corrected chi connectivity index (χ2v) is 5.56. The fourth-order valence-electron chi connectivity index (χ4n) is 2.44. The quantitative estimate of drug-likeness (QED) is 0.815. The van der Waals surface area contributed by atoms with Gasteiger partial charge in [-0.05, 0) is 48.4 Å². The van der Waals surface area contributed by atoms with E-state index in [0.29, 0.717) is 27.8 Å². The number of fused-ring (bicyclic) bond motifs is 1. The minimum Gasteiger partial charge on any atom is -0.399 e. The molecule has 2 N–H and O–H groups in total. The summed E-state index contributed by atoms with van der Waals surface area (Å²) >= 11 is 12.0. The molecule has 1 aliphatic rings. The van der Waals surface area contributed by atoms with Crippen molar-refractivity contribution in [2.75, 3.05) is 17.2 Å². The Morgan fingerprint density at radius 1 is 1.15 bits per heavy atom. The van der Waals surface area contributed by atoms with Crippen LogP contribution < -0.4 is 10.6 Å². The fourth-order valence-corrected chi connectivity index (χ4v) is 2.93. The van der Waals surface area contributed by atoms with Crippen LogP contribution in [0.5, 0.6) is 0 Å². The highest BCUT2D eigenvalue weighted by molar-refractivity contribution is 6.37. The van der Waals surface area contributed by atoms with Crippen molar-refractivity contribution in [3.05, 3.63) is 57.6 Å². The van der Waals surface area contributed by atoms with E-state index in [1.165, 1.54) is 0 Å². The van der Waals surface area contributed by atoms with E-state index in [9.17, 15) is 4.79 Å². The highest BCUT2D eigenvalue weighted by Gasteiger charge is 2.26. The molecule has 0 spiro atoms. The van der Waals surface area contributed by atoms with Crippen LogP contribution in [0.3, 0.4) is 0 Å². The van der Waals surface area contributed by atoms with Crippen LogP contribution in [0.2, 0.25) is 10.0 Å². The number of anilines is 2. The van der Waals surface area contributed by atoms with E-state index < -0.39 is 0 Å². The van der Waals surface area contributed by atoms with Crippen LogP contribution in [-0.4, -0.2) is 12.5 Å². The summed E-state index contributed by atoms with van der Waals surface area (Å²) in [6, 6.07) is 10.5. The van der Waals surface area contributed by atoms with Crippen LogP contribution in [0.4, 0.5) is 11.4 Å². The van der Waals surface area contributed by atoms with Crippen LogP contribution in [-0.2, 0) is 6.42 Å². The Bertz CT molecular complexity index is 700. The molecule has 5 heteroatoms. The van der Waals surface area contributed by atoms with Crippen LogP contribution in [0.25, 0.3) is 0 Å². The summed E-state index contributed by atoms with van der Waals surface area (Å²) in [5, 5.41) is 0.882. The standard InChI is InChI=1S/C15H12Cl2N2O/c16-10-1-3-12(13(17)8-10)15(20)19-6-5-9-7-11(18)2-4-14(9)19/h1-4,7-8H,5-6,18H2. The van der Waals surface area contributed by atoms with Crippen molar-refractivity contribution in [2.45, 2.75) is 6.42 Å². The Balaban J connectivity index is 1.97. The lowest BCUT2D eigenvalue weighted by molar-refractivity contribution is 0.0989. The van der Waals surface area contributed by atoms with Crippen molar-refractivity contribution in [2.24, 2.45) is 0 Å². The molecule has 0 unspecified atom stereocenters. The van der Waals surface area contributed by atoms with Gasteiger partial charge in [0.2, 0.25) is 0 Å². The first-order chi connectivity index (χ1) is 9.56. The summed E-state index contributed by atoms with van der Waals surface area (Å²) in [7, 11) is 0. The average Bonchev–Trinajstić information content (AvgIpc) is 2.80. The lowest BCUT2D eigenvalue weighted by Gasteiger charge is -2.18. The Kier molecular flexibility index (Phi) is 3.32. The van der Waals surface area contributed by atoms with Gasteiger partial charge in [0.1, 0.15) is 0 Å². The predicted molar refractivity (Wildman–Crippen MR) is 82.7 cm³/mol. The molecule has 3 nitrogen and oxygen atoms in total. The molecule has 102 valence electrons. The maximum Gasteiger partial charge on any atom is 0.259 e. The summed E-state index contributed by atoms with van der Waals surface area (Å²) < 4.78 is 0. The first kappa shape index (κ1) is 13.3. The van der Waals surface area contributed by atoms with Gasteiger partial charge in [-0.1, -0.05) is 23.2 Å². The summed E-state index contributed by atoms with van der Waals surface area (Å²) in [5.41, 5.74) is 8.92. The van der Waals surface area contributed by atoms with E-state index in [0.717, 1.165) is 17.7 Å². The first-order valence-electron chi connectivity index (χ1n) is 6.21. The van der Waals surface area contributed by atoms with Gasteiger partial charge in [-0.2, -0.15) is 0 Å². The van der Waals surface area contributed by atoms with Gasteiger partial charge in [0, 0.05) is 22.9 Å². The summed E-state index contributed by atoms with van der Waals surface area (Å²) in [6.07, 6.45) is 0.803. The van der Waals surface area contributed by atoms with E-state index >= 15 is 0 Å². The maximum absolute atomic E-state index is 12.6. The molecule has 0 radical (unpaired) electrons. The number of carbonyl (C=O) groups is 1. The third kappa shape index (κ3) is 2.23. The van der Waals surface area contributed by atoms with Crippen molar-refractivity contribution < 1.29 is 4.79 Å². The van der Waals surface area contributed by atoms with Crippen molar-refractivity contribution >= 4 is 40.5 Å². The van der Waals surface area contributed by atoms with Crippen molar-refractivity contribution in [1.82, 2.24) is 0 Å². The Morgan fingerprint density at radius 2 is 1.95 bits per heavy atom. The number of carbonyl (C=O) groups excluding carboxylic acids is 1. The number of rotatable bonds is 1. The van der Waals surface area contributed by atoms with E-state index in [1.54, 1.807) is 29.2 Å². The number of halogens is 2. The molecule has 3 rings (SSSR count). The van der Waals surface area contributed by atoms with E-state index in [1.807, 2.05) is 12.1 Å². The summed E-state index contributed by atoms with van der Waals surface area (Å²) in [5.74, 6) is -0.116. The van der Waals surface area contributed by atoms with Gasteiger partial charge in [-0.25, -0.2) is 0 Å². The number of nitrogen functional groups attached to an aromatic ring is 1. The minimum absolute atomic E-state index is 0.116. The number of hydrogen-bond acceptors (Lipinski definition) is 2. The Labute approximate surface area is 126 Å². The molecule has 0 bridgehead atoms. The topological polar surface area (TPSA) is 46.3 Å². The number of nitrogens with two attached hydrogens (primary N) is 1. The molecule has 0 fully saturated rings. The molecular formula is C15H12Cl2N2O. The van der Waals surface area contributed by atoms with Gasteiger partial charge >= 0.3 is 0 Å². The minimum atomic E-state index is -0.116. The number of nitrogens with zero attached hydrogens (tertiary/aromatic N) is 1. The van der Waals surface area contributed by atoms with Gasteiger partial charge in [0.15, 0.2) is 0 Å². The first-order valence-corrected chi connectivity index (χ1v) is 6.97. The van der Waals surface area contributed by atoms with Gasteiger partial charge < -0.3 is 10.6 Å². The second-order valence-electron chi connectivity index (χ2n) is 4.72. The number of hydrogen-bond donors (Lipinski definition) is 1. The third-order valence-corrected chi connectivity index (χ3v) is 3.95. The van der Waals surface area contributed by atoms with E-state index in [-0.39, 0.29) is 5.91 Å². The SMILES string of the molecule is Nc1ccc2c(c1)CCN2C(=O)c1ccc(Cl)cc1Cl. The molecule has 0 aromatic heterocycles.